The average molecular weight is 239 g/mol. The molecule has 1 unspecified atom stereocenters. The third-order valence-electron chi connectivity index (χ3n) is 1.91. The fourth-order valence-corrected chi connectivity index (χ4v) is 1.33. The van der Waals surface area contributed by atoms with Gasteiger partial charge in [0, 0.05) is 29.7 Å². The summed E-state index contributed by atoms with van der Waals surface area (Å²) in [4.78, 5) is 11.0. The second-order valence-electron chi connectivity index (χ2n) is 2.95. The Labute approximate surface area is 96.2 Å². The van der Waals surface area contributed by atoms with Gasteiger partial charge in [-0.2, -0.15) is 0 Å². The fourth-order valence-electron chi connectivity index (χ4n) is 1.03. The summed E-state index contributed by atoms with van der Waals surface area (Å²) in [5.74, 6) is -0.312. The quantitative estimate of drug-likeness (QED) is 0.630. The van der Waals surface area contributed by atoms with E-state index in [0.717, 1.165) is 10.4 Å². The zero-order valence-corrected chi connectivity index (χ0v) is 9.49. The standard InChI is InChI=1S/C10H12N2O3S/c1-3-10(13)11-8-4-6-9(7-5-8)12(2)16(14)15/h3-7H,1H2,2H3,(H,11,13)(H,14,15)/p-1. The second-order valence-corrected chi connectivity index (χ2v) is 3.94. The fraction of sp³-hybridized carbons (Fsp3) is 0.100. The summed E-state index contributed by atoms with van der Waals surface area (Å²) in [6, 6.07) is 6.41. The van der Waals surface area contributed by atoms with Gasteiger partial charge in [0.25, 0.3) is 0 Å². The Balaban J connectivity index is 2.79. The molecule has 1 amide bonds. The largest absolute Gasteiger partial charge is 0.755 e. The van der Waals surface area contributed by atoms with Gasteiger partial charge in [-0.15, -0.1) is 0 Å². The molecule has 16 heavy (non-hydrogen) atoms. The summed E-state index contributed by atoms with van der Waals surface area (Å²) in [6.07, 6.45) is 1.16. The Morgan fingerprint density at radius 2 is 2.06 bits per heavy atom. The van der Waals surface area contributed by atoms with Crippen LogP contribution in [0.4, 0.5) is 11.4 Å². The van der Waals surface area contributed by atoms with Crippen molar-refractivity contribution < 1.29 is 13.6 Å². The Morgan fingerprint density at radius 3 is 2.50 bits per heavy atom. The minimum Gasteiger partial charge on any atom is -0.755 e. The van der Waals surface area contributed by atoms with Crippen LogP contribution in [0.2, 0.25) is 0 Å². The molecule has 1 aromatic rings. The summed E-state index contributed by atoms with van der Waals surface area (Å²) in [7, 11) is 1.43. The van der Waals surface area contributed by atoms with E-state index in [-0.39, 0.29) is 5.91 Å². The van der Waals surface area contributed by atoms with Crippen molar-refractivity contribution in [3.8, 4) is 0 Å². The predicted molar refractivity (Wildman–Crippen MR) is 62.6 cm³/mol. The minimum atomic E-state index is -2.30. The molecule has 86 valence electrons. The third kappa shape index (κ3) is 3.18. The van der Waals surface area contributed by atoms with E-state index in [2.05, 4.69) is 11.9 Å². The summed E-state index contributed by atoms with van der Waals surface area (Å²) in [5, 5.41) is 2.56. The van der Waals surface area contributed by atoms with Gasteiger partial charge in [0.05, 0.1) is 0 Å². The number of nitrogens with one attached hydrogen (secondary N) is 1. The van der Waals surface area contributed by atoms with Gasteiger partial charge in [-0.05, 0) is 30.3 Å². The number of amides is 1. The maximum atomic E-state index is 11.0. The summed E-state index contributed by atoms with van der Waals surface area (Å²) in [6.45, 7) is 3.32. The van der Waals surface area contributed by atoms with Crippen LogP contribution < -0.4 is 9.62 Å². The molecule has 0 aliphatic rings. The third-order valence-corrected chi connectivity index (χ3v) is 2.57. The molecule has 0 saturated carbocycles. The average Bonchev–Trinajstić information content (AvgIpc) is 2.28. The van der Waals surface area contributed by atoms with Crippen LogP contribution in [-0.2, 0) is 16.1 Å². The Morgan fingerprint density at radius 1 is 1.50 bits per heavy atom. The molecule has 1 rings (SSSR count). The normalized spacial score (nSPS) is 11.6. The van der Waals surface area contributed by atoms with E-state index < -0.39 is 11.3 Å². The van der Waals surface area contributed by atoms with Crippen molar-refractivity contribution in [2.24, 2.45) is 0 Å². The topological polar surface area (TPSA) is 72.5 Å². The van der Waals surface area contributed by atoms with Gasteiger partial charge < -0.3 is 14.2 Å². The number of hydrogen-bond donors (Lipinski definition) is 1. The van der Waals surface area contributed by atoms with E-state index >= 15 is 0 Å². The molecule has 1 aromatic carbocycles. The number of rotatable bonds is 4. The maximum absolute atomic E-state index is 11.0. The zero-order valence-electron chi connectivity index (χ0n) is 8.67. The van der Waals surface area contributed by atoms with Crippen molar-refractivity contribution in [2.75, 3.05) is 16.7 Å². The first-order valence-corrected chi connectivity index (χ1v) is 5.44. The molecule has 0 aliphatic carbocycles. The van der Waals surface area contributed by atoms with Crippen LogP contribution in [0.3, 0.4) is 0 Å². The number of carbonyl (C=O) groups excluding carboxylic acids is 1. The molecule has 0 bridgehead atoms. The summed E-state index contributed by atoms with van der Waals surface area (Å²) in [5.41, 5.74) is 1.10. The highest BCUT2D eigenvalue weighted by atomic mass is 32.2. The molecule has 1 atom stereocenters. The molecule has 0 heterocycles. The highest BCUT2D eigenvalue weighted by Gasteiger charge is 2.01. The minimum absolute atomic E-state index is 0.312. The SMILES string of the molecule is C=CC(=O)Nc1ccc(N(C)S(=O)[O-])cc1. The smallest absolute Gasteiger partial charge is 0.247 e. The molecule has 5 nitrogen and oxygen atoms in total. The van der Waals surface area contributed by atoms with Crippen LogP contribution in [0, 0.1) is 0 Å². The summed E-state index contributed by atoms with van der Waals surface area (Å²) >= 11 is -2.30. The van der Waals surface area contributed by atoms with Gasteiger partial charge in [-0.1, -0.05) is 6.58 Å². The Kier molecular flexibility index (Phi) is 4.21. The molecular weight excluding hydrogens is 228 g/mol. The van der Waals surface area contributed by atoms with Crippen LogP contribution in [0.15, 0.2) is 36.9 Å². The monoisotopic (exact) mass is 239 g/mol. The van der Waals surface area contributed by atoms with Crippen molar-refractivity contribution in [2.45, 2.75) is 0 Å². The molecule has 0 saturated heterocycles. The molecule has 0 aliphatic heterocycles. The lowest BCUT2D eigenvalue weighted by atomic mass is 10.3. The van der Waals surface area contributed by atoms with E-state index in [1.54, 1.807) is 24.3 Å². The van der Waals surface area contributed by atoms with E-state index in [1.807, 2.05) is 0 Å². The van der Waals surface area contributed by atoms with Crippen LogP contribution in [0.1, 0.15) is 0 Å². The molecule has 6 heteroatoms. The van der Waals surface area contributed by atoms with E-state index in [1.165, 1.54) is 7.05 Å². The summed E-state index contributed by atoms with van der Waals surface area (Å²) < 4.78 is 22.4. The Bertz CT molecular complexity index is 417. The highest BCUT2D eigenvalue weighted by Crippen LogP contribution is 2.17. The van der Waals surface area contributed by atoms with Crippen LogP contribution in [-0.4, -0.2) is 21.7 Å². The van der Waals surface area contributed by atoms with E-state index in [9.17, 15) is 13.6 Å². The molecule has 0 radical (unpaired) electrons. The van der Waals surface area contributed by atoms with E-state index in [4.69, 9.17) is 0 Å². The van der Waals surface area contributed by atoms with Crippen LogP contribution in [0.25, 0.3) is 0 Å². The molecule has 0 spiro atoms. The predicted octanol–water partition coefficient (Wildman–Crippen LogP) is 1.04. The van der Waals surface area contributed by atoms with Gasteiger partial charge in [0.2, 0.25) is 5.91 Å². The Hall–Kier alpha value is -1.66. The van der Waals surface area contributed by atoms with Gasteiger partial charge in [-0.25, -0.2) is 0 Å². The highest BCUT2D eigenvalue weighted by molar-refractivity contribution is 7.80. The zero-order chi connectivity index (χ0) is 12.1. The van der Waals surface area contributed by atoms with Gasteiger partial charge in [0.15, 0.2) is 0 Å². The first kappa shape index (κ1) is 12.4. The molecule has 0 fully saturated rings. The lowest BCUT2D eigenvalue weighted by Gasteiger charge is -2.21. The number of anilines is 2. The maximum Gasteiger partial charge on any atom is 0.247 e. The van der Waals surface area contributed by atoms with Crippen molar-refractivity contribution in [3.05, 3.63) is 36.9 Å². The van der Waals surface area contributed by atoms with Crippen molar-refractivity contribution >= 4 is 28.5 Å². The van der Waals surface area contributed by atoms with Crippen molar-refractivity contribution in [1.29, 1.82) is 0 Å². The van der Waals surface area contributed by atoms with Crippen molar-refractivity contribution in [3.63, 3.8) is 0 Å². The number of carbonyl (C=O) groups is 1. The van der Waals surface area contributed by atoms with Crippen LogP contribution >= 0.6 is 0 Å². The van der Waals surface area contributed by atoms with E-state index in [0.29, 0.717) is 11.4 Å². The second kappa shape index (κ2) is 5.43. The van der Waals surface area contributed by atoms with Gasteiger partial charge >= 0.3 is 0 Å². The molecular formula is C10H11N2O3S-. The van der Waals surface area contributed by atoms with Crippen molar-refractivity contribution in [1.82, 2.24) is 0 Å². The molecule has 0 aromatic heterocycles. The number of hydrogen-bond acceptors (Lipinski definition) is 3. The van der Waals surface area contributed by atoms with Crippen LogP contribution in [0.5, 0.6) is 0 Å². The van der Waals surface area contributed by atoms with Gasteiger partial charge in [-0.3, -0.25) is 9.00 Å². The first-order chi connectivity index (χ1) is 7.54. The number of benzene rings is 1. The number of nitrogens with zero attached hydrogens (tertiary/aromatic N) is 1. The first-order valence-electron chi connectivity index (χ1n) is 4.41. The lowest BCUT2D eigenvalue weighted by Crippen LogP contribution is -2.19. The van der Waals surface area contributed by atoms with Gasteiger partial charge in [0.1, 0.15) is 0 Å². The molecule has 1 N–H and O–H groups in total. The lowest BCUT2D eigenvalue weighted by molar-refractivity contribution is -0.111.